The Hall–Kier alpha value is -2.18. The van der Waals surface area contributed by atoms with Gasteiger partial charge >= 0.3 is 11.9 Å². The van der Waals surface area contributed by atoms with Gasteiger partial charge in [-0.2, -0.15) is 0 Å². The molecule has 0 saturated carbocycles. The number of ether oxygens (including phenoxy) is 15. The molecule has 12 bridgehead atoms. The van der Waals surface area contributed by atoms with Crippen molar-refractivity contribution in [2.75, 3.05) is 0 Å². The van der Waals surface area contributed by atoms with Crippen LogP contribution in [0, 0.1) is 23.7 Å². The number of fused-ring (bicyclic) bond motifs is 10. The Bertz CT molecular complexity index is 2370. The van der Waals surface area contributed by atoms with Crippen molar-refractivity contribution < 1.29 is 90.9 Å². The van der Waals surface area contributed by atoms with E-state index >= 15 is 0 Å². The average molecular weight is 1100 g/mol. The first-order valence-corrected chi connectivity index (χ1v) is 30.2. The Labute approximate surface area is 456 Å². The van der Waals surface area contributed by atoms with Gasteiger partial charge in [0, 0.05) is 63.7 Å². The number of esters is 1. The zero-order chi connectivity index (χ0) is 53.3. The summed E-state index contributed by atoms with van der Waals surface area (Å²) in [5, 5.41) is 20.4. The summed E-state index contributed by atoms with van der Waals surface area (Å²) in [5.41, 5.74) is 2.14. The van der Waals surface area contributed by atoms with Crippen LogP contribution in [0.25, 0.3) is 0 Å². The van der Waals surface area contributed by atoms with Gasteiger partial charge in [-0.15, -0.1) is 0 Å². The van der Waals surface area contributed by atoms with E-state index < -0.39 is 72.2 Å². The number of aliphatic carboxylic acids is 1. The molecule has 19 nitrogen and oxygen atoms in total. The Kier molecular flexibility index (Phi) is 13.1. The van der Waals surface area contributed by atoms with Crippen molar-refractivity contribution in [3.8, 4) is 0 Å². The van der Waals surface area contributed by atoms with Crippen LogP contribution in [-0.4, -0.2) is 186 Å². The normalized spacial score (nSPS) is 58.0. The van der Waals surface area contributed by atoms with Crippen LogP contribution in [0.5, 0.6) is 0 Å². The minimum atomic E-state index is -1.00. The molecule has 0 aromatic heterocycles. The van der Waals surface area contributed by atoms with Crippen LogP contribution in [-0.2, 0) is 80.6 Å². The highest BCUT2D eigenvalue weighted by Crippen LogP contribution is 2.58. The van der Waals surface area contributed by atoms with Crippen molar-refractivity contribution in [2.24, 2.45) is 23.7 Å². The molecule has 0 aromatic rings. The van der Waals surface area contributed by atoms with Crippen molar-refractivity contribution in [1.82, 2.24) is 0 Å². The van der Waals surface area contributed by atoms with Gasteiger partial charge in [-0.25, -0.2) is 0 Å². The first-order valence-electron chi connectivity index (χ1n) is 30.2. The fourth-order valence-corrected chi connectivity index (χ4v) is 18.0. The maximum atomic E-state index is 14.6. The van der Waals surface area contributed by atoms with Crippen LogP contribution in [0.3, 0.4) is 0 Å². The van der Waals surface area contributed by atoms with Gasteiger partial charge in [0.2, 0.25) is 0 Å². The quantitative estimate of drug-likeness (QED) is 0.252. The highest BCUT2D eigenvalue weighted by atomic mass is 16.8. The summed E-state index contributed by atoms with van der Waals surface area (Å²) in [5.74, 6) is -3.99. The molecule has 3 spiro atoms. The van der Waals surface area contributed by atoms with Gasteiger partial charge in [0.1, 0.15) is 36.6 Å². The lowest BCUT2D eigenvalue weighted by Crippen LogP contribution is -2.62. The molecule has 16 heterocycles. The number of carbonyl (C=O) groups is 2. The highest BCUT2D eigenvalue weighted by molar-refractivity contribution is 5.70. The number of rotatable bonds is 2. The Balaban J connectivity index is 0.661. The summed E-state index contributed by atoms with van der Waals surface area (Å²) in [6.45, 7) is 17.7. The maximum Gasteiger partial charge on any atom is 0.308 e. The minimum Gasteiger partial charge on any atom is -0.481 e. The Morgan fingerprint density at radius 2 is 1.18 bits per heavy atom. The zero-order valence-corrected chi connectivity index (χ0v) is 45.6. The van der Waals surface area contributed by atoms with Crippen LogP contribution in [0.1, 0.15) is 143 Å². The van der Waals surface area contributed by atoms with Crippen molar-refractivity contribution in [3.05, 3.63) is 24.3 Å². The summed E-state index contributed by atoms with van der Waals surface area (Å²) >= 11 is 0. The molecule has 0 radical (unpaired) electrons. The summed E-state index contributed by atoms with van der Waals surface area (Å²) < 4.78 is 103. The standard InChI is InChI=1S/C59H82O19/c1-25-13-31-7-9-35-26(2)14-33(64-35)11-12-57-23-44-53(77-57)54-55(71-44)56(78-57)52-36(68-54)10-8-32(66-52)15-47(63)72-51-30(6)50-41(67-40(51)17-37(65-31)29(25)5)18-39-43(70-50)22-59(73-39)24-45-49(76-59)28(4)21-58(75-45)20-27(3)48-42(74-58)16-34(60)38(69-48)19-46(61)62/h25,27-28,30-45,48-56,60H,2,5,7-24H2,1,3-4,6H3,(H,61,62)/t25-,27+,28+,30+,31?,32?,33?,34-,35+,36?,37?,38-,39-,40?,41+,42?,43-,44-,45?,48?,49?,50+,51?,52+,53?,54+,55?,56?,57+,58-,59+/m1/s1. The molecule has 19 heteroatoms. The van der Waals surface area contributed by atoms with Crippen molar-refractivity contribution in [1.29, 1.82) is 0 Å². The molecule has 16 aliphatic rings. The molecular formula is C59H82O19. The van der Waals surface area contributed by atoms with Crippen molar-refractivity contribution in [3.63, 3.8) is 0 Å². The van der Waals surface area contributed by atoms with Gasteiger partial charge in [-0.1, -0.05) is 40.9 Å². The second kappa shape index (κ2) is 19.4. The number of carboxylic acid groups (broad SMARTS) is 1. The number of aliphatic hydroxyl groups is 1. The van der Waals surface area contributed by atoms with E-state index in [0.717, 1.165) is 43.3 Å². The van der Waals surface area contributed by atoms with Crippen LogP contribution >= 0.6 is 0 Å². The van der Waals surface area contributed by atoms with Crippen LogP contribution in [0.15, 0.2) is 24.3 Å². The van der Waals surface area contributed by atoms with Gasteiger partial charge < -0.3 is 81.3 Å². The molecule has 16 fully saturated rings. The first-order chi connectivity index (χ1) is 37.4. The van der Waals surface area contributed by atoms with E-state index in [-0.39, 0.29) is 147 Å². The van der Waals surface area contributed by atoms with Gasteiger partial charge in [-0.3, -0.25) is 9.59 Å². The molecule has 14 unspecified atom stereocenters. The fourth-order valence-electron chi connectivity index (χ4n) is 18.0. The molecule has 2 N–H and O–H groups in total. The Morgan fingerprint density at radius 3 is 2.03 bits per heavy atom. The molecule has 16 rings (SSSR count). The second-order valence-corrected chi connectivity index (χ2v) is 27.1. The molecule has 0 amide bonds. The van der Waals surface area contributed by atoms with Crippen molar-refractivity contribution >= 4 is 11.9 Å². The summed E-state index contributed by atoms with van der Waals surface area (Å²) in [4.78, 5) is 26.1. The number of hydrogen-bond acceptors (Lipinski definition) is 18. The molecule has 78 heavy (non-hydrogen) atoms. The number of carboxylic acids is 1. The lowest BCUT2D eigenvalue weighted by molar-refractivity contribution is -0.371. The van der Waals surface area contributed by atoms with E-state index in [0.29, 0.717) is 64.2 Å². The second-order valence-electron chi connectivity index (χ2n) is 27.1. The van der Waals surface area contributed by atoms with Crippen LogP contribution in [0.2, 0.25) is 0 Å². The largest absolute Gasteiger partial charge is 0.481 e. The lowest BCUT2D eigenvalue weighted by Gasteiger charge is -2.54. The van der Waals surface area contributed by atoms with E-state index in [2.05, 4.69) is 40.9 Å². The van der Waals surface area contributed by atoms with Gasteiger partial charge in [0.25, 0.3) is 0 Å². The van der Waals surface area contributed by atoms with Gasteiger partial charge in [-0.05, 0) is 73.8 Å². The number of hydrogen-bond donors (Lipinski definition) is 2. The smallest absolute Gasteiger partial charge is 0.308 e. The average Bonchev–Trinajstić information content (AvgIpc) is 4.24. The molecular weight excluding hydrogens is 1010 g/mol. The predicted molar refractivity (Wildman–Crippen MR) is 268 cm³/mol. The lowest BCUT2D eigenvalue weighted by atomic mass is 9.78. The SMILES string of the molecule is C=C1C2CC3O[C@H]4C[C@H]5O[C@@]6(CC7O[C@]8(C[C@H](C)C9O[C@H](CC(=O)O)[C@H](O)CC9O8)C[C@H](C)C7O6)C[C@H]5O[C@H]4[C@H](C)C3OC(=O)CC3CCC4O[C@@H]5C6O[C@@H]7C[C@](CCC8CC(=C)[C@H](CCC(C[C@H]1C)O2)O8)(OC6[C@H]4O3)OC57. The first kappa shape index (κ1) is 52.6. The number of aliphatic hydroxyl groups excluding tert-OH is 1. The predicted octanol–water partition coefficient (Wildman–Crippen LogP) is 5.66. The van der Waals surface area contributed by atoms with Crippen LogP contribution < -0.4 is 0 Å². The monoisotopic (exact) mass is 1090 g/mol. The molecule has 432 valence electrons. The van der Waals surface area contributed by atoms with E-state index in [4.69, 9.17) is 71.1 Å². The van der Waals surface area contributed by atoms with E-state index in [9.17, 15) is 19.8 Å². The Morgan fingerprint density at radius 1 is 0.513 bits per heavy atom. The summed E-state index contributed by atoms with van der Waals surface area (Å²) in [6, 6.07) is 0. The third-order valence-electron chi connectivity index (χ3n) is 21.6. The van der Waals surface area contributed by atoms with Gasteiger partial charge in [0.15, 0.2) is 17.4 Å². The van der Waals surface area contributed by atoms with Crippen molar-refractivity contribution in [2.45, 2.75) is 307 Å². The van der Waals surface area contributed by atoms with E-state index in [1.807, 2.05) is 0 Å². The highest BCUT2D eigenvalue weighted by Gasteiger charge is 2.70. The molecule has 16 saturated heterocycles. The third-order valence-corrected chi connectivity index (χ3v) is 21.6. The molecule has 0 aliphatic carbocycles. The zero-order valence-electron chi connectivity index (χ0n) is 45.6. The molecule has 0 aromatic carbocycles. The summed E-state index contributed by atoms with van der Waals surface area (Å²) in [7, 11) is 0. The van der Waals surface area contributed by atoms with Gasteiger partial charge in [0.05, 0.1) is 123 Å². The van der Waals surface area contributed by atoms with E-state index in [1.165, 1.54) is 0 Å². The maximum absolute atomic E-state index is 14.6. The topological polar surface area (TPSA) is 213 Å². The van der Waals surface area contributed by atoms with Crippen LogP contribution in [0.4, 0.5) is 0 Å². The minimum absolute atomic E-state index is 0.00942. The summed E-state index contributed by atoms with van der Waals surface area (Å²) in [6.07, 6.45) is 1.76. The molecule has 31 atom stereocenters. The number of carbonyl (C=O) groups excluding carboxylic acids is 1. The fraction of sp³-hybridized carbons (Fsp3) is 0.898. The van der Waals surface area contributed by atoms with E-state index in [1.54, 1.807) is 0 Å². The molecule has 16 aliphatic heterocycles. The third kappa shape index (κ3) is 8.98.